The Kier molecular flexibility index (Phi) is 6.21. The maximum absolute atomic E-state index is 6.33. The zero-order valence-corrected chi connectivity index (χ0v) is 29.3. The van der Waals surface area contributed by atoms with Crippen LogP contribution in [0.4, 0.5) is 0 Å². The van der Waals surface area contributed by atoms with Crippen molar-refractivity contribution in [3.05, 3.63) is 170 Å². The predicted molar refractivity (Wildman–Crippen MR) is 222 cm³/mol. The van der Waals surface area contributed by atoms with Crippen molar-refractivity contribution >= 4 is 71.2 Å². The molecule has 0 spiro atoms. The molecule has 7 aromatic carbocycles. The number of hydrogen-bond donors (Lipinski definition) is 0. The highest BCUT2D eigenvalue weighted by Gasteiger charge is 2.26. The van der Waals surface area contributed by atoms with Crippen LogP contribution in [-0.4, -0.2) is 28.9 Å². The first-order valence-corrected chi connectivity index (χ1v) is 18.3. The first-order valence-electron chi connectivity index (χ1n) is 18.3. The molecule has 7 nitrogen and oxygen atoms in total. The topological polar surface area (TPSA) is 74.0 Å². The minimum atomic E-state index is 0.512. The second-order valence-corrected chi connectivity index (χ2v) is 13.8. The van der Waals surface area contributed by atoms with Crippen molar-refractivity contribution in [1.82, 2.24) is 28.9 Å². The summed E-state index contributed by atoms with van der Waals surface area (Å²) in [6, 6.07) is 58.4. The maximum atomic E-state index is 6.33. The van der Waals surface area contributed by atoms with E-state index in [4.69, 9.17) is 24.4 Å². The Balaban J connectivity index is 1.29. The average Bonchev–Trinajstić information content (AvgIpc) is 3.91. The van der Waals surface area contributed by atoms with Crippen LogP contribution in [0.3, 0.4) is 0 Å². The Labute approximate surface area is 313 Å². The van der Waals surface area contributed by atoms with Crippen molar-refractivity contribution < 1.29 is 4.42 Å². The van der Waals surface area contributed by atoms with E-state index in [1.54, 1.807) is 0 Å². The fourth-order valence-corrected chi connectivity index (χ4v) is 8.46. The van der Waals surface area contributed by atoms with Crippen LogP contribution in [0.15, 0.2) is 174 Å². The lowest BCUT2D eigenvalue weighted by atomic mass is 10.0. The van der Waals surface area contributed by atoms with Gasteiger partial charge in [-0.3, -0.25) is 8.97 Å². The standard InChI is InChI=1S/C48H28N6O/c1-3-15-29(16-4-1)44-43-42-32(31-19-7-10-24-36(31)53-37-25-11-9-23-35(37)49-47(43)53)21-13-26-38(42)54(44)48-51-45(30-17-5-2-6-18-30)50-46(52-48)34-22-14-28-40-41(34)33-20-8-12-27-39(33)55-40/h1-28H. The monoisotopic (exact) mass is 704 g/mol. The van der Waals surface area contributed by atoms with Crippen LogP contribution in [0.2, 0.25) is 0 Å². The molecule has 0 aliphatic heterocycles. The van der Waals surface area contributed by atoms with Crippen molar-refractivity contribution in [1.29, 1.82) is 0 Å². The lowest BCUT2D eigenvalue weighted by molar-refractivity contribution is 0.669. The van der Waals surface area contributed by atoms with Crippen LogP contribution in [0.1, 0.15) is 0 Å². The van der Waals surface area contributed by atoms with E-state index in [-0.39, 0.29) is 0 Å². The van der Waals surface area contributed by atoms with Gasteiger partial charge in [0.25, 0.3) is 0 Å². The van der Waals surface area contributed by atoms with E-state index in [9.17, 15) is 0 Å². The van der Waals surface area contributed by atoms with Crippen LogP contribution in [-0.2, 0) is 0 Å². The Bertz CT molecular complexity index is 3490. The van der Waals surface area contributed by atoms with Crippen molar-refractivity contribution in [3.63, 3.8) is 0 Å². The first-order chi connectivity index (χ1) is 27.3. The summed E-state index contributed by atoms with van der Waals surface area (Å²) < 4.78 is 10.9. The summed E-state index contributed by atoms with van der Waals surface area (Å²) in [5.74, 6) is 1.65. The van der Waals surface area contributed by atoms with Gasteiger partial charge >= 0.3 is 0 Å². The number of imidazole rings is 1. The molecule has 0 amide bonds. The minimum absolute atomic E-state index is 0.512. The first kappa shape index (κ1) is 29.9. The number of hydrogen-bond acceptors (Lipinski definition) is 5. The van der Waals surface area contributed by atoms with Crippen LogP contribution in [0.25, 0.3) is 111 Å². The van der Waals surface area contributed by atoms with Gasteiger partial charge in [0.05, 0.1) is 33.1 Å². The van der Waals surface area contributed by atoms with Crippen molar-refractivity contribution in [2.24, 2.45) is 0 Å². The number of fused-ring (bicyclic) bond motifs is 10. The lowest BCUT2D eigenvalue weighted by Gasteiger charge is -2.14. The van der Waals surface area contributed by atoms with E-state index in [2.05, 4.69) is 118 Å². The van der Waals surface area contributed by atoms with Gasteiger partial charge in [0.2, 0.25) is 5.95 Å². The summed E-state index contributed by atoms with van der Waals surface area (Å²) in [6.45, 7) is 0. The molecule has 0 fully saturated rings. The van der Waals surface area contributed by atoms with E-state index < -0.39 is 0 Å². The molecule has 5 aromatic heterocycles. The highest BCUT2D eigenvalue weighted by atomic mass is 16.3. The molecular formula is C48H28N6O. The molecule has 5 heterocycles. The second kappa shape index (κ2) is 11.4. The van der Waals surface area contributed by atoms with Gasteiger partial charge in [-0.05, 0) is 47.3 Å². The van der Waals surface area contributed by atoms with E-state index in [1.807, 2.05) is 60.7 Å². The summed E-state index contributed by atoms with van der Waals surface area (Å²) in [6.07, 6.45) is 0. The van der Waals surface area contributed by atoms with E-state index in [0.717, 1.165) is 93.6 Å². The SMILES string of the molecule is c1ccc(-c2nc(-c3cccc4oc5ccccc5c34)nc(-n3c(-c4ccccc4)c4c5c(cccc53)c3ccccc3n3c5ccccc5nc43)n2)cc1. The van der Waals surface area contributed by atoms with E-state index in [1.165, 1.54) is 0 Å². The molecule has 0 saturated carbocycles. The van der Waals surface area contributed by atoms with Gasteiger partial charge in [0.1, 0.15) is 16.8 Å². The highest BCUT2D eigenvalue weighted by Crippen LogP contribution is 2.44. The highest BCUT2D eigenvalue weighted by molar-refractivity contribution is 6.26. The van der Waals surface area contributed by atoms with Crippen molar-refractivity contribution in [2.75, 3.05) is 0 Å². The average molecular weight is 705 g/mol. The Morgan fingerprint density at radius 3 is 1.89 bits per heavy atom. The Morgan fingerprint density at radius 1 is 0.400 bits per heavy atom. The van der Waals surface area contributed by atoms with Crippen molar-refractivity contribution in [3.8, 4) is 40.0 Å². The second-order valence-electron chi connectivity index (χ2n) is 13.8. The van der Waals surface area contributed by atoms with Gasteiger partial charge in [0, 0.05) is 32.7 Å². The third kappa shape index (κ3) is 4.32. The molecule has 0 saturated heterocycles. The quantitative estimate of drug-likeness (QED) is 0.182. The van der Waals surface area contributed by atoms with Crippen LogP contribution in [0.5, 0.6) is 0 Å². The molecular weight excluding hydrogens is 677 g/mol. The fraction of sp³-hybridized carbons (Fsp3) is 0. The molecule has 0 bridgehead atoms. The maximum Gasteiger partial charge on any atom is 0.238 e. The molecule has 55 heavy (non-hydrogen) atoms. The molecule has 12 aromatic rings. The minimum Gasteiger partial charge on any atom is -0.456 e. The predicted octanol–water partition coefficient (Wildman–Crippen LogP) is 11.8. The van der Waals surface area contributed by atoms with Crippen molar-refractivity contribution in [2.45, 2.75) is 0 Å². The molecule has 0 unspecified atom stereocenters. The number of para-hydroxylation sites is 4. The van der Waals surface area contributed by atoms with Gasteiger partial charge in [-0.25, -0.2) is 9.97 Å². The largest absolute Gasteiger partial charge is 0.456 e. The third-order valence-electron chi connectivity index (χ3n) is 10.8. The molecule has 0 atom stereocenters. The van der Waals surface area contributed by atoms with Crippen LogP contribution < -0.4 is 0 Å². The number of nitrogens with zero attached hydrogens (tertiary/aromatic N) is 6. The molecule has 256 valence electrons. The number of furan rings is 1. The summed E-state index contributed by atoms with van der Waals surface area (Å²) in [5, 5.41) is 6.36. The van der Waals surface area contributed by atoms with Gasteiger partial charge in [-0.2, -0.15) is 9.97 Å². The van der Waals surface area contributed by atoms with E-state index in [0.29, 0.717) is 17.6 Å². The molecule has 7 heteroatoms. The zero-order chi connectivity index (χ0) is 36.0. The Hall–Kier alpha value is -7.64. The van der Waals surface area contributed by atoms with Crippen LogP contribution in [0, 0.1) is 0 Å². The van der Waals surface area contributed by atoms with Crippen LogP contribution >= 0.6 is 0 Å². The van der Waals surface area contributed by atoms with E-state index >= 15 is 0 Å². The zero-order valence-electron chi connectivity index (χ0n) is 29.3. The molecule has 12 rings (SSSR count). The summed E-state index contributed by atoms with van der Waals surface area (Å²) in [5.41, 5.74) is 10.3. The summed E-state index contributed by atoms with van der Waals surface area (Å²) in [4.78, 5) is 21.3. The summed E-state index contributed by atoms with van der Waals surface area (Å²) >= 11 is 0. The normalized spacial score (nSPS) is 12.0. The fourth-order valence-electron chi connectivity index (χ4n) is 8.46. The molecule has 0 aliphatic rings. The van der Waals surface area contributed by atoms with Gasteiger partial charge in [-0.1, -0.05) is 133 Å². The Morgan fingerprint density at radius 2 is 1.04 bits per heavy atom. The lowest BCUT2D eigenvalue weighted by Crippen LogP contribution is -2.08. The smallest absolute Gasteiger partial charge is 0.238 e. The van der Waals surface area contributed by atoms with Gasteiger partial charge < -0.3 is 4.42 Å². The summed E-state index contributed by atoms with van der Waals surface area (Å²) in [7, 11) is 0. The number of aromatic nitrogens is 6. The third-order valence-corrected chi connectivity index (χ3v) is 10.8. The molecule has 0 aliphatic carbocycles. The van der Waals surface area contributed by atoms with Gasteiger partial charge in [0.15, 0.2) is 11.6 Å². The molecule has 0 N–H and O–H groups in total. The van der Waals surface area contributed by atoms with Gasteiger partial charge in [-0.15, -0.1) is 0 Å². The number of rotatable bonds is 4. The number of benzene rings is 7. The molecule has 0 radical (unpaired) electrons.